The number of nitrogens with one attached hydrogen (secondary N) is 1. The van der Waals surface area contributed by atoms with Gasteiger partial charge in [-0.1, -0.05) is 30.3 Å². The summed E-state index contributed by atoms with van der Waals surface area (Å²) in [6.07, 6.45) is 1.12. The monoisotopic (exact) mass is 396 g/mol. The molecule has 2 aromatic carbocycles. The molecular formula is C23H25FN2O3. The number of carbonyl (C=O) groups excluding carboxylic acids is 3. The van der Waals surface area contributed by atoms with Crippen molar-refractivity contribution >= 4 is 17.6 Å². The number of halogens is 1. The first-order valence-corrected chi connectivity index (χ1v) is 9.79. The molecule has 6 heteroatoms. The second kappa shape index (κ2) is 8.99. The number of nitrogens with zero attached hydrogens (tertiary/aromatic N) is 1. The van der Waals surface area contributed by atoms with Gasteiger partial charge in [0.05, 0.1) is 5.56 Å². The molecule has 29 heavy (non-hydrogen) atoms. The van der Waals surface area contributed by atoms with Crippen LogP contribution in [0.2, 0.25) is 0 Å². The molecule has 0 aromatic heterocycles. The van der Waals surface area contributed by atoms with Gasteiger partial charge >= 0.3 is 0 Å². The number of amides is 2. The van der Waals surface area contributed by atoms with Crippen molar-refractivity contribution in [2.24, 2.45) is 5.92 Å². The van der Waals surface area contributed by atoms with Crippen LogP contribution < -0.4 is 5.32 Å². The number of likely N-dealkylation sites (tertiary alicyclic amines) is 1. The van der Waals surface area contributed by atoms with E-state index in [0.717, 1.165) is 5.56 Å². The van der Waals surface area contributed by atoms with Crippen molar-refractivity contribution in [2.75, 3.05) is 13.1 Å². The minimum atomic E-state index is -0.283. The minimum absolute atomic E-state index is 0.0813. The van der Waals surface area contributed by atoms with Gasteiger partial charge in [0.1, 0.15) is 5.82 Å². The quantitative estimate of drug-likeness (QED) is 0.787. The van der Waals surface area contributed by atoms with E-state index < -0.39 is 0 Å². The number of Topliss-reactive ketones (excluding diaryl/α,β-unsaturated/α-hetero) is 1. The van der Waals surface area contributed by atoms with Gasteiger partial charge in [-0.15, -0.1) is 0 Å². The van der Waals surface area contributed by atoms with Crippen molar-refractivity contribution in [1.82, 2.24) is 10.2 Å². The average molecular weight is 396 g/mol. The van der Waals surface area contributed by atoms with Crippen LogP contribution in [0.5, 0.6) is 0 Å². The Labute approximate surface area is 169 Å². The van der Waals surface area contributed by atoms with Gasteiger partial charge in [0.15, 0.2) is 5.78 Å². The maximum Gasteiger partial charge on any atom is 0.254 e. The van der Waals surface area contributed by atoms with E-state index in [1.165, 1.54) is 13.0 Å². The van der Waals surface area contributed by atoms with Gasteiger partial charge in [0, 0.05) is 31.1 Å². The van der Waals surface area contributed by atoms with E-state index in [4.69, 9.17) is 0 Å². The summed E-state index contributed by atoms with van der Waals surface area (Å²) in [5, 5.41) is 2.86. The highest BCUT2D eigenvalue weighted by Gasteiger charge is 2.28. The number of rotatable bonds is 5. The standard InChI is InChI=1S/C23H25FN2O3/c1-15-7-8-17(13-21(15)24)14-25-22(28)18-9-11-26(12-10-18)23(29)20-6-4-3-5-19(20)16(2)27/h3-8,13,18H,9-12,14H2,1-2H3,(H,25,28). The predicted octanol–water partition coefficient (Wildman–Crippen LogP) is 3.51. The molecule has 0 aliphatic carbocycles. The maximum atomic E-state index is 13.6. The summed E-state index contributed by atoms with van der Waals surface area (Å²) >= 11 is 0. The second-order valence-corrected chi connectivity index (χ2v) is 7.47. The van der Waals surface area contributed by atoms with Crippen molar-refractivity contribution < 1.29 is 18.8 Å². The lowest BCUT2D eigenvalue weighted by Crippen LogP contribution is -2.43. The molecule has 1 heterocycles. The van der Waals surface area contributed by atoms with Crippen LogP contribution in [0.15, 0.2) is 42.5 Å². The third-order valence-electron chi connectivity index (χ3n) is 5.39. The Morgan fingerprint density at radius 1 is 1.07 bits per heavy atom. The Morgan fingerprint density at radius 2 is 1.72 bits per heavy atom. The molecule has 1 fully saturated rings. The summed E-state index contributed by atoms with van der Waals surface area (Å²) in [5.74, 6) is -0.866. The van der Waals surface area contributed by atoms with Gasteiger partial charge in [-0.05, 0) is 49.9 Å². The maximum absolute atomic E-state index is 13.6. The van der Waals surface area contributed by atoms with Gasteiger partial charge < -0.3 is 10.2 Å². The summed E-state index contributed by atoms with van der Waals surface area (Å²) in [5.41, 5.74) is 2.12. The van der Waals surface area contributed by atoms with Crippen LogP contribution >= 0.6 is 0 Å². The van der Waals surface area contributed by atoms with Crippen molar-refractivity contribution in [1.29, 1.82) is 0 Å². The lowest BCUT2D eigenvalue weighted by atomic mass is 9.94. The Bertz CT molecular complexity index is 933. The number of piperidine rings is 1. The molecule has 2 amide bonds. The number of benzene rings is 2. The Morgan fingerprint density at radius 3 is 2.34 bits per heavy atom. The minimum Gasteiger partial charge on any atom is -0.352 e. The Balaban J connectivity index is 1.54. The smallest absolute Gasteiger partial charge is 0.254 e. The molecule has 0 atom stereocenters. The lowest BCUT2D eigenvalue weighted by Gasteiger charge is -2.31. The molecule has 3 rings (SSSR count). The summed E-state index contributed by atoms with van der Waals surface area (Å²) in [6.45, 7) is 4.34. The van der Waals surface area contributed by atoms with Crippen molar-refractivity contribution in [2.45, 2.75) is 33.2 Å². The zero-order valence-corrected chi connectivity index (χ0v) is 16.7. The molecule has 5 nitrogen and oxygen atoms in total. The van der Waals surface area contributed by atoms with Crippen molar-refractivity contribution in [3.05, 3.63) is 70.5 Å². The van der Waals surface area contributed by atoms with E-state index in [-0.39, 0.29) is 35.9 Å². The molecule has 0 radical (unpaired) electrons. The summed E-state index contributed by atoms with van der Waals surface area (Å²) in [4.78, 5) is 38.7. The van der Waals surface area contributed by atoms with Gasteiger partial charge in [0.2, 0.25) is 5.91 Å². The zero-order valence-electron chi connectivity index (χ0n) is 16.7. The molecule has 1 N–H and O–H groups in total. The number of hydrogen-bond donors (Lipinski definition) is 1. The van der Waals surface area contributed by atoms with Crippen LogP contribution in [0.25, 0.3) is 0 Å². The first-order valence-electron chi connectivity index (χ1n) is 9.79. The number of carbonyl (C=O) groups is 3. The molecule has 152 valence electrons. The predicted molar refractivity (Wildman–Crippen MR) is 108 cm³/mol. The number of ketones is 1. The summed E-state index contributed by atoms with van der Waals surface area (Å²) in [7, 11) is 0. The van der Waals surface area contributed by atoms with Crippen LogP contribution in [0.1, 0.15) is 51.6 Å². The topological polar surface area (TPSA) is 66.5 Å². The number of aryl methyl sites for hydroxylation is 1. The molecule has 0 saturated carbocycles. The van der Waals surface area contributed by atoms with Gasteiger partial charge in [-0.25, -0.2) is 4.39 Å². The van der Waals surface area contributed by atoms with E-state index in [1.54, 1.807) is 48.2 Å². The highest BCUT2D eigenvalue weighted by molar-refractivity contribution is 6.07. The second-order valence-electron chi connectivity index (χ2n) is 7.47. The van der Waals surface area contributed by atoms with E-state index in [2.05, 4.69) is 5.32 Å². The Kier molecular flexibility index (Phi) is 6.42. The van der Waals surface area contributed by atoms with Gasteiger partial charge in [-0.3, -0.25) is 14.4 Å². The highest BCUT2D eigenvalue weighted by Crippen LogP contribution is 2.21. The fourth-order valence-electron chi connectivity index (χ4n) is 3.57. The van der Waals surface area contributed by atoms with Gasteiger partial charge in [0.25, 0.3) is 5.91 Å². The summed E-state index contributed by atoms with van der Waals surface area (Å²) in [6, 6.07) is 11.7. The van der Waals surface area contributed by atoms with Crippen LogP contribution in [0, 0.1) is 18.7 Å². The van der Waals surface area contributed by atoms with E-state index in [1.807, 2.05) is 0 Å². The fourth-order valence-corrected chi connectivity index (χ4v) is 3.57. The molecule has 0 unspecified atom stereocenters. The fraction of sp³-hybridized carbons (Fsp3) is 0.348. The molecule has 2 aromatic rings. The molecular weight excluding hydrogens is 371 g/mol. The average Bonchev–Trinajstić information content (AvgIpc) is 2.74. The first-order chi connectivity index (χ1) is 13.9. The van der Waals surface area contributed by atoms with E-state index in [9.17, 15) is 18.8 Å². The van der Waals surface area contributed by atoms with Gasteiger partial charge in [-0.2, -0.15) is 0 Å². The lowest BCUT2D eigenvalue weighted by molar-refractivity contribution is -0.126. The summed E-state index contributed by atoms with van der Waals surface area (Å²) < 4.78 is 13.6. The Hall–Kier alpha value is -3.02. The van der Waals surface area contributed by atoms with Crippen LogP contribution in [0.4, 0.5) is 4.39 Å². The zero-order chi connectivity index (χ0) is 21.0. The van der Waals surface area contributed by atoms with Crippen LogP contribution in [-0.4, -0.2) is 35.6 Å². The van der Waals surface area contributed by atoms with E-state index >= 15 is 0 Å². The SMILES string of the molecule is CC(=O)c1ccccc1C(=O)N1CCC(C(=O)NCc2ccc(C)c(F)c2)CC1. The van der Waals surface area contributed by atoms with E-state index in [0.29, 0.717) is 42.6 Å². The first kappa shape index (κ1) is 20.7. The molecule has 1 saturated heterocycles. The van der Waals surface area contributed by atoms with Crippen LogP contribution in [-0.2, 0) is 11.3 Å². The number of hydrogen-bond acceptors (Lipinski definition) is 3. The molecule has 1 aliphatic heterocycles. The molecule has 0 spiro atoms. The third kappa shape index (κ3) is 4.88. The van der Waals surface area contributed by atoms with Crippen molar-refractivity contribution in [3.8, 4) is 0 Å². The highest BCUT2D eigenvalue weighted by atomic mass is 19.1. The third-order valence-corrected chi connectivity index (χ3v) is 5.39. The van der Waals surface area contributed by atoms with Crippen molar-refractivity contribution in [3.63, 3.8) is 0 Å². The molecule has 1 aliphatic rings. The molecule has 0 bridgehead atoms. The largest absolute Gasteiger partial charge is 0.352 e. The normalized spacial score (nSPS) is 14.5. The van der Waals surface area contributed by atoms with Crippen LogP contribution in [0.3, 0.4) is 0 Å².